The molecule has 5 heteroatoms. The standard InChI is InChI=1S/C12H16N2O3/c15-11-7-13-6-10(11)14-12(16)17-8-9-4-2-1-3-5-9/h1-5,10-11,13,15H,6-8H2,(H,14,16)/t10-,11+/m0/s1. The molecule has 0 aromatic heterocycles. The number of nitrogens with one attached hydrogen (secondary N) is 2. The van der Waals surface area contributed by atoms with Gasteiger partial charge in [0.05, 0.1) is 12.1 Å². The summed E-state index contributed by atoms with van der Waals surface area (Å²) in [6, 6.07) is 9.20. The predicted molar refractivity (Wildman–Crippen MR) is 62.4 cm³/mol. The highest BCUT2D eigenvalue weighted by atomic mass is 16.5. The van der Waals surface area contributed by atoms with Gasteiger partial charge in [0.25, 0.3) is 0 Å². The Kier molecular flexibility index (Phi) is 3.95. The van der Waals surface area contributed by atoms with Crippen LogP contribution in [-0.4, -0.2) is 36.4 Å². The Bertz CT molecular complexity index is 369. The quantitative estimate of drug-likeness (QED) is 0.703. The number of alkyl carbamates (subject to hydrolysis) is 1. The van der Waals surface area contributed by atoms with E-state index in [9.17, 15) is 9.90 Å². The number of aliphatic hydroxyl groups is 1. The van der Waals surface area contributed by atoms with Crippen LogP contribution in [0.5, 0.6) is 0 Å². The molecule has 1 heterocycles. The van der Waals surface area contributed by atoms with Crippen LogP contribution in [0.2, 0.25) is 0 Å². The van der Waals surface area contributed by atoms with Crippen molar-refractivity contribution in [3.63, 3.8) is 0 Å². The maximum absolute atomic E-state index is 11.4. The summed E-state index contributed by atoms with van der Waals surface area (Å²) < 4.78 is 5.05. The molecule has 1 aromatic carbocycles. The SMILES string of the molecule is O=C(N[C@H]1CNC[C@H]1O)OCc1ccccc1. The van der Waals surface area contributed by atoms with Gasteiger partial charge in [-0.15, -0.1) is 0 Å². The van der Waals surface area contributed by atoms with Gasteiger partial charge in [0.1, 0.15) is 6.61 Å². The molecular formula is C12H16N2O3. The zero-order valence-corrected chi connectivity index (χ0v) is 9.43. The van der Waals surface area contributed by atoms with E-state index in [0.29, 0.717) is 13.1 Å². The predicted octanol–water partition coefficient (Wildman–Crippen LogP) is 0.245. The molecule has 17 heavy (non-hydrogen) atoms. The number of carbonyl (C=O) groups is 1. The summed E-state index contributed by atoms with van der Waals surface area (Å²) >= 11 is 0. The molecule has 92 valence electrons. The topological polar surface area (TPSA) is 70.6 Å². The lowest BCUT2D eigenvalue weighted by atomic mass is 10.2. The van der Waals surface area contributed by atoms with Crippen molar-refractivity contribution < 1.29 is 14.6 Å². The number of aliphatic hydroxyl groups excluding tert-OH is 1. The summed E-state index contributed by atoms with van der Waals surface area (Å²) in [7, 11) is 0. The summed E-state index contributed by atoms with van der Waals surface area (Å²) in [5, 5.41) is 15.1. The molecule has 5 nitrogen and oxygen atoms in total. The van der Waals surface area contributed by atoms with Crippen molar-refractivity contribution in [2.24, 2.45) is 0 Å². The van der Waals surface area contributed by atoms with E-state index in [1.165, 1.54) is 0 Å². The van der Waals surface area contributed by atoms with Crippen molar-refractivity contribution in [1.82, 2.24) is 10.6 Å². The third-order valence-corrected chi connectivity index (χ3v) is 2.70. The number of rotatable bonds is 3. The molecule has 1 saturated heterocycles. The minimum Gasteiger partial charge on any atom is -0.445 e. The van der Waals surface area contributed by atoms with Gasteiger partial charge in [-0.05, 0) is 5.56 Å². The molecule has 0 spiro atoms. The van der Waals surface area contributed by atoms with Crippen molar-refractivity contribution in [1.29, 1.82) is 0 Å². The Balaban J connectivity index is 1.74. The molecular weight excluding hydrogens is 220 g/mol. The van der Waals surface area contributed by atoms with Crippen LogP contribution >= 0.6 is 0 Å². The first kappa shape index (κ1) is 11.9. The van der Waals surface area contributed by atoms with E-state index < -0.39 is 12.2 Å². The van der Waals surface area contributed by atoms with Crippen LogP contribution in [0.15, 0.2) is 30.3 Å². The van der Waals surface area contributed by atoms with Crippen molar-refractivity contribution >= 4 is 6.09 Å². The number of hydrogen-bond donors (Lipinski definition) is 3. The van der Waals surface area contributed by atoms with Gasteiger partial charge in [0.2, 0.25) is 0 Å². The van der Waals surface area contributed by atoms with E-state index in [2.05, 4.69) is 10.6 Å². The third-order valence-electron chi connectivity index (χ3n) is 2.70. The van der Waals surface area contributed by atoms with Gasteiger partial charge < -0.3 is 20.5 Å². The molecule has 1 aromatic rings. The second-order valence-electron chi connectivity index (χ2n) is 4.04. The van der Waals surface area contributed by atoms with Crippen molar-refractivity contribution in [2.45, 2.75) is 18.8 Å². The molecule has 1 aliphatic rings. The first-order valence-corrected chi connectivity index (χ1v) is 5.61. The average molecular weight is 236 g/mol. The van der Waals surface area contributed by atoms with Gasteiger partial charge in [-0.2, -0.15) is 0 Å². The molecule has 2 rings (SSSR count). The number of benzene rings is 1. The fourth-order valence-corrected chi connectivity index (χ4v) is 1.73. The van der Waals surface area contributed by atoms with Crippen molar-refractivity contribution in [3.8, 4) is 0 Å². The Morgan fingerprint density at radius 1 is 1.41 bits per heavy atom. The van der Waals surface area contributed by atoms with Crippen molar-refractivity contribution in [3.05, 3.63) is 35.9 Å². The van der Waals surface area contributed by atoms with Crippen LogP contribution in [0.1, 0.15) is 5.56 Å². The molecule has 0 aliphatic carbocycles. The van der Waals surface area contributed by atoms with E-state index in [1.54, 1.807) is 0 Å². The summed E-state index contributed by atoms with van der Waals surface area (Å²) in [6.45, 7) is 1.31. The van der Waals surface area contributed by atoms with E-state index >= 15 is 0 Å². The average Bonchev–Trinajstić information content (AvgIpc) is 2.74. The van der Waals surface area contributed by atoms with E-state index in [0.717, 1.165) is 5.56 Å². The number of amides is 1. The van der Waals surface area contributed by atoms with Gasteiger partial charge in [-0.1, -0.05) is 30.3 Å². The maximum atomic E-state index is 11.4. The lowest BCUT2D eigenvalue weighted by molar-refractivity contribution is 0.118. The van der Waals surface area contributed by atoms with Crippen molar-refractivity contribution in [2.75, 3.05) is 13.1 Å². The zero-order valence-electron chi connectivity index (χ0n) is 9.43. The lowest BCUT2D eigenvalue weighted by Gasteiger charge is -2.15. The van der Waals surface area contributed by atoms with Crippen LogP contribution in [0, 0.1) is 0 Å². The molecule has 0 radical (unpaired) electrons. The zero-order chi connectivity index (χ0) is 12.1. The monoisotopic (exact) mass is 236 g/mol. The molecule has 2 atom stereocenters. The van der Waals surface area contributed by atoms with Gasteiger partial charge in [0, 0.05) is 13.1 Å². The Labute approximate surface area is 99.8 Å². The molecule has 3 N–H and O–H groups in total. The number of hydrogen-bond acceptors (Lipinski definition) is 4. The Morgan fingerprint density at radius 2 is 2.18 bits per heavy atom. The summed E-state index contributed by atoms with van der Waals surface area (Å²) in [5.74, 6) is 0. The molecule has 0 bridgehead atoms. The Hall–Kier alpha value is -1.59. The Morgan fingerprint density at radius 3 is 2.82 bits per heavy atom. The maximum Gasteiger partial charge on any atom is 0.407 e. The summed E-state index contributed by atoms with van der Waals surface area (Å²) in [4.78, 5) is 11.4. The van der Waals surface area contributed by atoms with Gasteiger partial charge in [-0.3, -0.25) is 0 Å². The van der Waals surface area contributed by atoms with E-state index in [1.807, 2.05) is 30.3 Å². The second-order valence-corrected chi connectivity index (χ2v) is 4.04. The number of carbonyl (C=O) groups excluding carboxylic acids is 1. The van der Waals surface area contributed by atoms with Crippen LogP contribution < -0.4 is 10.6 Å². The number of β-amino-alcohol motifs (C(OH)–C–C–N with tert-alkyl or cyclic N) is 1. The van der Waals surface area contributed by atoms with Gasteiger partial charge in [0.15, 0.2) is 0 Å². The highest BCUT2D eigenvalue weighted by molar-refractivity contribution is 5.67. The first-order chi connectivity index (χ1) is 8.25. The largest absolute Gasteiger partial charge is 0.445 e. The highest BCUT2D eigenvalue weighted by Crippen LogP contribution is 2.02. The first-order valence-electron chi connectivity index (χ1n) is 5.61. The molecule has 0 unspecified atom stereocenters. The minimum atomic E-state index is -0.542. The van der Waals surface area contributed by atoms with Gasteiger partial charge in [-0.25, -0.2) is 4.79 Å². The smallest absolute Gasteiger partial charge is 0.407 e. The summed E-state index contributed by atoms with van der Waals surface area (Å²) in [6.07, 6.45) is -1.04. The van der Waals surface area contributed by atoms with Gasteiger partial charge >= 0.3 is 6.09 Å². The van der Waals surface area contributed by atoms with Crippen LogP contribution in [-0.2, 0) is 11.3 Å². The molecule has 1 amide bonds. The number of ether oxygens (including phenoxy) is 1. The van der Waals surface area contributed by atoms with Crippen LogP contribution in [0.25, 0.3) is 0 Å². The van der Waals surface area contributed by atoms with Crippen LogP contribution in [0.3, 0.4) is 0 Å². The summed E-state index contributed by atoms with van der Waals surface area (Å²) in [5.41, 5.74) is 0.938. The third kappa shape index (κ3) is 3.44. The fourth-order valence-electron chi connectivity index (χ4n) is 1.73. The van der Waals surface area contributed by atoms with Crippen LogP contribution in [0.4, 0.5) is 4.79 Å². The molecule has 1 aliphatic heterocycles. The lowest BCUT2D eigenvalue weighted by Crippen LogP contribution is -2.42. The van der Waals surface area contributed by atoms with E-state index in [-0.39, 0.29) is 12.6 Å². The fraction of sp³-hybridized carbons (Fsp3) is 0.417. The van der Waals surface area contributed by atoms with E-state index in [4.69, 9.17) is 4.74 Å². The molecule has 1 fully saturated rings. The molecule has 0 saturated carbocycles. The normalized spacial score (nSPS) is 23.4. The highest BCUT2D eigenvalue weighted by Gasteiger charge is 2.26. The minimum absolute atomic E-state index is 0.239. The second kappa shape index (κ2) is 5.65.